The highest BCUT2D eigenvalue weighted by Crippen LogP contribution is 2.36. The first-order valence-electron chi connectivity index (χ1n) is 16.8. The van der Waals surface area contributed by atoms with Gasteiger partial charge in [-0.1, -0.05) is 133 Å². The highest BCUT2D eigenvalue weighted by molar-refractivity contribution is 6.12. The van der Waals surface area contributed by atoms with Crippen LogP contribution in [0.15, 0.2) is 186 Å². The van der Waals surface area contributed by atoms with Crippen molar-refractivity contribution in [3.8, 4) is 11.4 Å². The van der Waals surface area contributed by atoms with E-state index in [0.717, 1.165) is 39.1 Å². The summed E-state index contributed by atoms with van der Waals surface area (Å²) in [5, 5.41) is 4.94. The molecule has 0 bridgehead atoms. The minimum absolute atomic E-state index is 0.436. The van der Waals surface area contributed by atoms with E-state index in [1.165, 1.54) is 32.6 Å². The number of hydrogen-bond donors (Lipinski definition) is 1. The molecule has 9 rings (SSSR count). The number of aliphatic imine (C=N–C) groups is 2. The van der Waals surface area contributed by atoms with Gasteiger partial charge in [-0.15, -0.1) is 0 Å². The zero-order chi connectivity index (χ0) is 33.4. The first-order valence-corrected chi connectivity index (χ1v) is 16.8. The number of nitrogens with two attached hydrogens (primary N) is 1. The van der Waals surface area contributed by atoms with E-state index in [9.17, 15) is 0 Å². The summed E-state index contributed by atoms with van der Waals surface area (Å²) in [7, 11) is 0. The molecule has 0 atom stereocenters. The largest absolute Gasteiger partial charge is 0.383 e. The first-order chi connectivity index (χ1) is 24.7. The Labute approximate surface area is 289 Å². The van der Waals surface area contributed by atoms with E-state index in [-0.39, 0.29) is 0 Å². The third-order valence-corrected chi connectivity index (χ3v) is 9.40. The van der Waals surface area contributed by atoms with Gasteiger partial charge < -0.3 is 14.9 Å². The summed E-state index contributed by atoms with van der Waals surface area (Å²) in [5.74, 6) is 1.04. The quantitative estimate of drug-likeness (QED) is 0.142. The molecule has 238 valence electrons. The summed E-state index contributed by atoms with van der Waals surface area (Å²) in [4.78, 5) is 9.82. The van der Waals surface area contributed by atoms with Gasteiger partial charge in [0, 0.05) is 44.0 Å². The van der Waals surface area contributed by atoms with Crippen LogP contribution < -0.4 is 5.73 Å². The number of benzene rings is 7. The van der Waals surface area contributed by atoms with E-state index in [0.29, 0.717) is 18.2 Å². The number of nitrogens with zero attached hydrogens (tertiary/aromatic N) is 4. The minimum atomic E-state index is 0.436. The molecule has 0 aliphatic heterocycles. The SMILES string of the molecule is NC(=NC(=NCc1cccc(-n2c3ccccc3c3ccc(-n4c5ccccc5c5ccccc54)cc32)c1)c1ccccc1)c1ccccc1. The lowest BCUT2D eigenvalue weighted by atomic mass is 10.1. The predicted octanol–water partition coefficient (Wildman–Crippen LogP) is 10.2. The van der Waals surface area contributed by atoms with Gasteiger partial charge in [0.15, 0.2) is 5.84 Å². The summed E-state index contributed by atoms with van der Waals surface area (Å²) >= 11 is 0. The fourth-order valence-corrected chi connectivity index (χ4v) is 7.10. The van der Waals surface area contributed by atoms with Gasteiger partial charge in [-0.3, -0.25) is 4.99 Å². The van der Waals surface area contributed by atoms with Crippen molar-refractivity contribution in [3.05, 3.63) is 193 Å². The van der Waals surface area contributed by atoms with Gasteiger partial charge in [0.1, 0.15) is 5.84 Å². The van der Waals surface area contributed by atoms with Gasteiger partial charge in [0.2, 0.25) is 0 Å². The Morgan fingerprint density at radius 2 is 0.940 bits per heavy atom. The van der Waals surface area contributed by atoms with Crippen molar-refractivity contribution in [2.45, 2.75) is 6.54 Å². The van der Waals surface area contributed by atoms with Crippen LogP contribution in [0, 0.1) is 0 Å². The maximum Gasteiger partial charge on any atom is 0.157 e. The van der Waals surface area contributed by atoms with Crippen LogP contribution in [-0.4, -0.2) is 20.8 Å². The van der Waals surface area contributed by atoms with Crippen molar-refractivity contribution >= 4 is 55.3 Å². The molecule has 2 N–H and O–H groups in total. The molecule has 2 aromatic heterocycles. The maximum atomic E-state index is 6.47. The molecule has 0 saturated heterocycles. The molecule has 0 amide bonds. The monoisotopic (exact) mass is 643 g/mol. The fourth-order valence-electron chi connectivity index (χ4n) is 7.10. The molecule has 0 aliphatic rings. The second-order valence-electron chi connectivity index (χ2n) is 12.5. The van der Waals surface area contributed by atoms with E-state index in [4.69, 9.17) is 15.7 Å². The first kappa shape index (κ1) is 29.4. The number of fused-ring (bicyclic) bond motifs is 6. The lowest BCUT2D eigenvalue weighted by Crippen LogP contribution is -2.16. The fraction of sp³-hybridized carbons (Fsp3) is 0.0222. The number of aromatic nitrogens is 2. The predicted molar refractivity (Wildman–Crippen MR) is 209 cm³/mol. The van der Waals surface area contributed by atoms with E-state index in [1.807, 2.05) is 60.7 Å². The molecular weight excluding hydrogens is 611 g/mol. The molecule has 9 aromatic rings. The number of hydrogen-bond acceptors (Lipinski definition) is 1. The van der Waals surface area contributed by atoms with Crippen LogP contribution in [0.4, 0.5) is 0 Å². The highest BCUT2D eigenvalue weighted by atomic mass is 15.0. The van der Waals surface area contributed by atoms with Crippen LogP contribution in [0.3, 0.4) is 0 Å². The Morgan fingerprint density at radius 3 is 1.56 bits per heavy atom. The smallest absolute Gasteiger partial charge is 0.157 e. The summed E-state index contributed by atoms with van der Waals surface area (Å²) in [6.45, 7) is 0.452. The molecule has 50 heavy (non-hydrogen) atoms. The Kier molecular flexibility index (Phi) is 7.29. The third kappa shape index (κ3) is 5.13. The molecular formula is C45H33N5. The van der Waals surface area contributed by atoms with Crippen molar-refractivity contribution in [1.82, 2.24) is 9.13 Å². The molecule has 0 fully saturated rings. The maximum absolute atomic E-state index is 6.47. The summed E-state index contributed by atoms with van der Waals surface area (Å²) < 4.78 is 4.75. The topological polar surface area (TPSA) is 60.6 Å². The summed E-state index contributed by atoms with van der Waals surface area (Å²) in [6, 6.07) is 61.3. The Bertz CT molecular complexity index is 2680. The minimum Gasteiger partial charge on any atom is -0.383 e. The highest BCUT2D eigenvalue weighted by Gasteiger charge is 2.16. The van der Waals surface area contributed by atoms with Crippen LogP contribution in [-0.2, 0) is 6.54 Å². The molecule has 0 radical (unpaired) electrons. The van der Waals surface area contributed by atoms with E-state index >= 15 is 0 Å². The van der Waals surface area contributed by atoms with Gasteiger partial charge in [-0.25, -0.2) is 4.99 Å². The normalized spacial score (nSPS) is 12.4. The summed E-state index contributed by atoms with van der Waals surface area (Å²) in [6.07, 6.45) is 0. The van der Waals surface area contributed by atoms with Gasteiger partial charge in [-0.05, 0) is 48.0 Å². The van der Waals surface area contributed by atoms with Crippen LogP contribution in [0.25, 0.3) is 55.0 Å². The molecule has 0 saturated carbocycles. The third-order valence-electron chi connectivity index (χ3n) is 9.40. The van der Waals surface area contributed by atoms with Crippen LogP contribution >= 0.6 is 0 Å². The molecule has 7 aromatic carbocycles. The Balaban J connectivity index is 1.17. The molecule has 5 nitrogen and oxygen atoms in total. The second-order valence-corrected chi connectivity index (χ2v) is 12.5. The molecule has 2 heterocycles. The van der Waals surface area contributed by atoms with Gasteiger partial charge in [0.05, 0.1) is 28.6 Å². The van der Waals surface area contributed by atoms with Gasteiger partial charge in [0.25, 0.3) is 0 Å². The zero-order valence-electron chi connectivity index (χ0n) is 27.3. The van der Waals surface area contributed by atoms with Crippen LogP contribution in [0.5, 0.6) is 0 Å². The van der Waals surface area contributed by atoms with Crippen molar-refractivity contribution in [3.63, 3.8) is 0 Å². The number of rotatable bonds is 6. The summed E-state index contributed by atoms with van der Waals surface area (Å²) in [5.41, 5.74) is 16.2. The molecule has 0 spiro atoms. The zero-order valence-corrected chi connectivity index (χ0v) is 27.3. The molecule has 0 aliphatic carbocycles. The van der Waals surface area contributed by atoms with Crippen LogP contribution in [0.1, 0.15) is 16.7 Å². The molecule has 5 heteroatoms. The van der Waals surface area contributed by atoms with E-state index in [2.05, 4.69) is 124 Å². The Morgan fingerprint density at radius 1 is 0.440 bits per heavy atom. The van der Waals surface area contributed by atoms with Gasteiger partial charge in [-0.2, -0.15) is 0 Å². The van der Waals surface area contributed by atoms with Crippen molar-refractivity contribution < 1.29 is 0 Å². The molecule has 0 unspecified atom stereocenters. The van der Waals surface area contributed by atoms with Crippen LogP contribution in [0.2, 0.25) is 0 Å². The average molecular weight is 644 g/mol. The van der Waals surface area contributed by atoms with E-state index in [1.54, 1.807) is 0 Å². The Hall–Kier alpha value is -6.72. The van der Waals surface area contributed by atoms with Crippen molar-refractivity contribution in [1.29, 1.82) is 0 Å². The van der Waals surface area contributed by atoms with Gasteiger partial charge >= 0.3 is 0 Å². The lowest BCUT2D eigenvalue weighted by Gasteiger charge is -2.12. The second kappa shape index (κ2) is 12.4. The number of para-hydroxylation sites is 3. The lowest BCUT2D eigenvalue weighted by molar-refractivity contribution is 1.05. The van der Waals surface area contributed by atoms with E-state index < -0.39 is 0 Å². The standard InChI is InChI=1S/C45H33N5/c46-44(32-15-3-1-4-16-32)48-45(33-17-5-2-6-18-33)47-30-31-14-13-19-34(28-31)50-42-25-12-9-22-38(42)39-27-26-35(29-43(39)50)49-40-23-10-7-20-36(40)37-21-8-11-24-41(37)49/h1-29H,30H2,(H2,46,47,48). The van der Waals surface area contributed by atoms with Crippen molar-refractivity contribution in [2.24, 2.45) is 15.7 Å². The van der Waals surface area contributed by atoms with Crippen molar-refractivity contribution in [2.75, 3.05) is 0 Å². The average Bonchev–Trinajstić information content (AvgIpc) is 3.70. The number of amidine groups is 2.